The van der Waals surface area contributed by atoms with Crippen LogP contribution in [0, 0.1) is 11.3 Å². The topological polar surface area (TPSA) is 85.7 Å². The van der Waals surface area contributed by atoms with Crippen LogP contribution in [0.5, 0.6) is 0 Å². The molecule has 144 valence electrons. The number of piperazine rings is 1. The first-order valence-corrected chi connectivity index (χ1v) is 7.92. The Morgan fingerprint density at radius 3 is 2.48 bits per heavy atom. The molecule has 1 aromatic rings. The molecule has 0 saturated carbocycles. The summed E-state index contributed by atoms with van der Waals surface area (Å²) in [6, 6.07) is 5.89. The van der Waals surface area contributed by atoms with Gasteiger partial charge in [-0.15, -0.1) is 0 Å². The van der Waals surface area contributed by atoms with Gasteiger partial charge in [-0.25, -0.2) is 4.79 Å². The van der Waals surface area contributed by atoms with Gasteiger partial charge in [0.15, 0.2) is 0 Å². The number of carbonyl (C=O) groups is 2. The highest BCUT2D eigenvalue weighted by Gasteiger charge is 2.30. The Labute approximate surface area is 153 Å². The SMILES string of the molecule is COC(=O)N1CCN(/C=C(/C#N)C(=O)Nc2cccc(C(F)(F)F)c2)CC1. The number of hydrogen-bond donors (Lipinski definition) is 1. The van der Waals surface area contributed by atoms with E-state index in [9.17, 15) is 28.0 Å². The summed E-state index contributed by atoms with van der Waals surface area (Å²) in [7, 11) is 1.28. The van der Waals surface area contributed by atoms with Gasteiger partial charge < -0.3 is 19.9 Å². The predicted octanol–water partition coefficient (Wildman–Crippen LogP) is 2.44. The van der Waals surface area contributed by atoms with Crippen LogP contribution in [-0.4, -0.2) is 55.1 Å². The Bertz CT molecular complexity index is 778. The van der Waals surface area contributed by atoms with Crippen molar-refractivity contribution in [2.45, 2.75) is 6.18 Å². The average molecular weight is 382 g/mol. The lowest BCUT2D eigenvalue weighted by atomic mass is 10.2. The molecule has 2 rings (SSSR count). The number of nitrogens with one attached hydrogen (secondary N) is 1. The van der Waals surface area contributed by atoms with Gasteiger partial charge in [-0.2, -0.15) is 18.4 Å². The molecule has 2 amide bonds. The highest BCUT2D eigenvalue weighted by atomic mass is 19.4. The lowest BCUT2D eigenvalue weighted by Crippen LogP contribution is -2.47. The maximum Gasteiger partial charge on any atom is 0.416 e. The molecule has 0 aromatic heterocycles. The molecule has 1 aliphatic heterocycles. The number of carbonyl (C=O) groups excluding carboxylic acids is 2. The molecule has 1 heterocycles. The fourth-order valence-electron chi connectivity index (χ4n) is 2.46. The Morgan fingerprint density at radius 1 is 1.26 bits per heavy atom. The van der Waals surface area contributed by atoms with E-state index in [0.29, 0.717) is 26.2 Å². The summed E-state index contributed by atoms with van der Waals surface area (Å²) in [6.07, 6.45) is -3.66. The van der Waals surface area contributed by atoms with E-state index in [4.69, 9.17) is 0 Å². The summed E-state index contributed by atoms with van der Waals surface area (Å²) < 4.78 is 42.8. The molecule has 0 radical (unpaired) electrons. The summed E-state index contributed by atoms with van der Waals surface area (Å²) in [5.41, 5.74) is -1.22. The van der Waals surface area contributed by atoms with Gasteiger partial charge in [-0.05, 0) is 18.2 Å². The van der Waals surface area contributed by atoms with E-state index in [1.807, 2.05) is 0 Å². The maximum atomic E-state index is 12.7. The zero-order valence-corrected chi connectivity index (χ0v) is 14.4. The first kappa shape index (κ1) is 20.1. The Morgan fingerprint density at radius 2 is 1.93 bits per heavy atom. The fraction of sp³-hybridized carbons (Fsp3) is 0.353. The summed E-state index contributed by atoms with van der Waals surface area (Å²) in [5, 5.41) is 11.5. The molecule has 0 aliphatic carbocycles. The van der Waals surface area contributed by atoms with Gasteiger partial charge in [-0.1, -0.05) is 6.07 Å². The van der Waals surface area contributed by atoms with Crippen LogP contribution in [0.2, 0.25) is 0 Å². The molecule has 0 unspecified atom stereocenters. The smallest absolute Gasteiger partial charge is 0.416 e. The third-order valence-corrected chi connectivity index (χ3v) is 3.87. The first-order valence-electron chi connectivity index (χ1n) is 7.92. The second-order valence-electron chi connectivity index (χ2n) is 5.68. The molecule has 1 fully saturated rings. The van der Waals surface area contributed by atoms with Crippen molar-refractivity contribution in [2.24, 2.45) is 0 Å². The van der Waals surface area contributed by atoms with Crippen LogP contribution in [-0.2, 0) is 15.7 Å². The average Bonchev–Trinajstić information content (AvgIpc) is 2.65. The molecule has 0 atom stereocenters. The number of rotatable bonds is 3. The lowest BCUT2D eigenvalue weighted by Gasteiger charge is -2.33. The molecule has 1 aliphatic rings. The van der Waals surface area contributed by atoms with E-state index in [1.54, 1.807) is 11.0 Å². The number of anilines is 1. The van der Waals surface area contributed by atoms with Crippen molar-refractivity contribution in [3.8, 4) is 6.07 Å². The largest absolute Gasteiger partial charge is 0.453 e. The van der Waals surface area contributed by atoms with Crippen LogP contribution in [0.3, 0.4) is 0 Å². The Balaban J connectivity index is 2.03. The molecule has 0 spiro atoms. The maximum absolute atomic E-state index is 12.7. The molecule has 10 heteroatoms. The minimum absolute atomic E-state index is 0.0634. The molecule has 1 saturated heterocycles. The van der Waals surface area contributed by atoms with Gasteiger partial charge in [0.05, 0.1) is 12.7 Å². The Kier molecular flexibility index (Phi) is 6.28. The minimum atomic E-state index is -4.53. The van der Waals surface area contributed by atoms with Crippen molar-refractivity contribution < 1.29 is 27.5 Å². The van der Waals surface area contributed by atoms with Crippen LogP contribution in [0.4, 0.5) is 23.7 Å². The van der Waals surface area contributed by atoms with E-state index in [2.05, 4.69) is 10.1 Å². The second-order valence-corrected chi connectivity index (χ2v) is 5.68. The predicted molar refractivity (Wildman–Crippen MR) is 89.3 cm³/mol. The molecule has 27 heavy (non-hydrogen) atoms. The van der Waals surface area contributed by atoms with Gasteiger partial charge in [0.1, 0.15) is 11.6 Å². The highest BCUT2D eigenvalue weighted by Crippen LogP contribution is 2.30. The van der Waals surface area contributed by atoms with Crippen molar-refractivity contribution in [3.05, 3.63) is 41.6 Å². The summed E-state index contributed by atoms with van der Waals surface area (Å²) in [5.74, 6) is -0.813. The third kappa shape index (κ3) is 5.37. The van der Waals surface area contributed by atoms with Crippen molar-refractivity contribution >= 4 is 17.7 Å². The van der Waals surface area contributed by atoms with E-state index >= 15 is 0 Å². The number of nitrogens with zero attached hydrogens (tertiary/aromatic N) is 3. The molecule has 7 nitrogen and oxygen atoms in total. The third-order valence-electron chi connectivity index (χ3n) is 3.87. The highest BCUT2D eigenvalue weighted by molar-refractivity contribution is 6.06. The molecular weight excluding hydrogens is 365 g/mol. The van der Waals surface area contributed by atoms with Crippen molar-refractivity contribution in [1.29, 1.82) is 5.26 Å². The van der Waals surface area contributed by atoms with E-state index < -0.39 is 23.7 Å². The second kappa shape index (κ2) is 8.44. The van der Waals surface area contributed by atoms with Crippen LogP contribution < -0.4 is 5.32 Å². The van der Waals surface area contributed by atoms with Gasteiger partial charge in [0, 0.05) is 38.1 Å². The van der Waals surface area contributed by atoms with Gasteiger partial charge in [-0.3, -0.25) is 4.79 Å². The number of amides is 2. The van der Waals surface area contributed by atoms with Crippen LogP contribution >= 0.6 is 0 Å². The molecule has 1 N–H and O–H groups in total. The number of halogens is 3. The lowest BCUT2D eigenvalue weighted by molar-refractivity contribution is -0.137. The quantitative estimate of drug-likeness (QED) is 0.641. The molecule has 1 aromatic carbocycles. The monoisotopic (exact) mass is 382 g/mol. The number of ether oxygens (including phenoxy) is 1. The molecular formula is C17H17F3N4O3. The van der Waals surface area contributed by atoms with Crippen LogP contribution in [0.15, 0.2) is 36.0 Å². The zero-order valence-electron chi connectivity index (χ0n) is 14.4. The van der Waals surface area contributed by atoms with Crippen molar-refractivity contribution in [2.75, 3.05) is 38.6 Å². The van der Waals surface area contributed by atoms with Crippen LogP contribution in [0.1, 0.15) is 5.56 Å². The number of methoxy groups -OCH3 is 1. The number of hydrogen-bond acceptors (Lipinski definition) is 5. The van der Waals surface area contributed by atoms with E-state index in [-0.39, 0.29) is 11.3 Å². The summed E-state index contributed by atoms with van der Waals surface area (Å²) >= 11 is 0. The van der Waals surface area contributed by atoms with Gasteiger partial charge in [0.2, 0.25) is 0 Å². The van der Waals surface area contributed by atoms with Gasteiger partial charge in [0.25, 0.3) is 5.91 Å². The fourth-order valence-corrected chi connectivity index (χ4v) is 2.46. The standard InChI is InChI=1S/C17H17F3N4O3/c1-27-16(26)24-7-5-23(6-8-24)11-12(10-21)15(25)22-14-4-2-3-13(9-14)17(18,19)20/h2-4,9,11H,5-8H2,1H3,(H,22,25)/b12-11-. The van der Waals surface area contributed by atoms with Gasteiger partial charge >= 0.3 is 12.3 Å². The number of benzene rings is 1. The van der Waals surface area contributed by atoms with E-state index in [0.717, 1.165) is 12.1 Å². The minimum Gasteiger partial charge on any atom is -0.453 e. The number of nitriles is 1. The van der Waals surface area contributed by atoms with E-state index in [1.165, 1.54) is 30.3 Å². The van der Waals surface area contributed by atoms with Crippen molar-refractivity contribution in [1.82, 2.24) is 9.80 Å². The van der Waals surface area contributed by atoms with Crippen molar-refractivity contribution in [3.63, 3.8) is 0 Å². The normalized spacial score (nSPS) is 15.1. The number of alkyl halides is 3. The summed E-state index contributed by atoms with van der Waals surface area (Å²) in [4.78, 5) is 26.8. The summed E-state index contributed by atoms with van der Waals surface area (Å²) in [6.45, 7) is 1.49. The Hall–Kier alpha value is -3.22. The molecule has 0 bridgehead atoms. The van der Waals surface area contributed by atoms with Crippen LogP contribution in [0.25, 0.3) is 0 Å². The zero-order chi connectivity index (χ0) is 20.0. The first-order chi connectivity index (χ1) is 12.7.